The number of ether oxygens (including phenoxy) is 1. The average molecular weight is 480 g/mol. The third kappa shape index (κ3) is 4.98. The Hall–Kier alpha value is -3.52. The van der Waals surface area contributed by atoms with E-state index in [0.717, 1.165) is 29.9 Å². The Morgan fingerprint density at radius 2 is 1.74 bits per heavy atom. The Bertz CT molecular complexity index is 1230. The minimum Gasteiger partial charge on any atom is -0.508 e. The Morgan fingerprint density at radius 3 is 2.37 bits per heavy atom. The number of rotatable bonds is 6. The lowest BCUT2D eigenvalue weighted by atomic mass is 9.92. The van der Waals surface area contributed by atoms with Crippen molar-refractivity contribution in [3.8, 4) is 33.9 Å². The molecule has 1 saturated heterocycles. The smallest absolute Gasteiger partial charge is 0.274 e. The topological polar surface area (TPSA) is 108 Å². The van der Waals surface area contributed by atoms with Crippen LogP contribution in [0.25, 0.3) is 22.5 Å². The number of phenols is 2. The number of aromatic nitrogens is 1. The molecule has 0 unspecified atom stereocenters. The maximum Gasteiger partial charge on any atom is 0.274 e. The molecule has 4 rings (SSSR count). The molecule has 0 bridgehead atoms. The molecule has 0 saturated carbocycles. The molecule has 0 aliphatic carbocycles. The molecular weight excluding hydrogens is 446 g/mol. The quantitative estimate of drug-likeness (QED) is 0.465. The van der Waals surface area contributed by atoms with Crippen LogP contribution in [0.15, 0.2) is 34.9 Å². The van der Waals surface area contributed by atoms with Crippen molar-refractivity contribution in [2.75, 3.05) is 31.2 Å². The van der Waals surface area contributed by atoms with E-state index in [-0.39, 0.29) is 40.8 Å². The molecule has 8 heteroatoms. The van der Waals surface area contributed by atoms with Crippen LogP contribution in [0.4, 0.5) is 5.69 Å². The van der Waals surface area contributed by atoms with Gasteiger partial charge in [-0.3, -0.25) is 4.79 Å². The van der Waals surface area contributed by atoms with Gasteiger partial charge in [0, 0.05) is 30.9 Å². The van der Waals surface area contributed by atoms with Gasteiger partial charge in [0.1, 0.15) is 11.5 Å². The fourth-order valence-corrected chi connectivity index (χ4v) is 4.39. The van der Waals surface area contributed by atoms with E-state index in [9.17, 15) is 15.0 Å². The molecule has 1 aliphatic heterocycles. The van der Waals surface area contributed by atoms with Gasteiger partial charge in [-0.2, -0.15) is 0 Å². The van der Waals surface area contributed by atoms with Crippen LogP contribution in [0, 0.1) is 6.92 Å². The molecule has 3 aromatic rings. The molecule has 1 fully saturated rings. The summed E-state index contributed by atoms with van der Waals surface area (Å²) < 4.78 is 11.2. The van der Waals surface area contributed by atoms with E-state index in [1.807, 2.05) is 46.8 Å². The molecule has 1 aliphatic rings. The summed E-state index contributed by atoms with van der Waals surface area (Å²) in [5, 5.41) is 28.1. The van der Waals surface area contributed by atoms with Crippen molar-refractivity contribution in [3.63, 3.8) is 0 Å². The Balaban J connectivity index is 1.88. The van der Waals surface area contributed by atoms with Crippen LogP contribution in [0.5, 0.6) is 11.5 Å². The number of benzene rings is 2. The molecule has 2 aromatic carbocycles. The first-order chi connectivity index (χ1) is 16.7. The summed E-state index contributed by atoms with van der Waals surface area (Å²) in [5.41, 5.74) is 4.49. The maximum atomic E-state index is 13.1. The number of phenolic OH excluding ortho intramolecular Hbond substituents is 2. The third-order valence-corrected chi connectivity index (χ3v) is 6.19. The number of amides is 1. The van der Waals surface area contributed by atoms with Crippen LogP contribution < -0.4 is 10.2 Å². The Kier molecular flexibility index (Phi) is 7.03. The molecule has 0 radical (unpaired) electrons. The largest absolute Gasteiger partial charge is 0.508 e. The van der Waals surface area contributed by atoms with Gasteiger partial charge in [-0.05, 0) is 61.6 Å². The predicted molar refractivity (Wildman–Crippen MR) is 135 cm³/mol. The van der Waals surface area contributed by atoms with Crippen molar-refractivity contribution >= 4 is 11.6 Å². The minimum atomic E-state index is -0.357. The van der Waals surface area contributed by atoms with Crippen molar-refractivity contribution in [1.82, 2.24) is 10.5 Å². The minimum absolute atomic E-state index is 0.00568. The number of hydrogen-bond acceptors (Lipinski definition) is 7. The number of nitrogens with zero attached hydrogens (tertiary/aromatic N) is 2. The van der Waals surface area contributed by atoms with E-state index in [0.29, 0.717) is 29.9 Å². The van der Waals surface area contributed by atoms with Gasteiger partial charge >= 0.3 is 0 Å². The normalized spacial score (nSPS) is 14.1. The van der Waals surface area contributed by atoms with Gasteiger partial charge in [-0.15, -0.1) is 0 Å². The SMILES string of the molecule is Cc1cc(N2CCOCC2)ccc1-c1c(C(=O)NC(C)C)noc1-c1cc(C(C)C)c(O)cc1O. The van der Waals surface area contributed by atoms with Crippen molar-refractivity contribution < 1.29 is 24.3 Å². The molecule has 2 heterocycles. The first-order valence-corrected chi connectivity index (χ1v) is 12.0. The van der Waals surface area contributed by atoms with Gasteiger partial charge in [0.2, 0.25) is 0 Å². The van der Waals surface area contributed by atoms with Crippen LogP contribution in [0.1, 0.15) is 55.2 Å². The van der Waals surface area contributed by atoms with E-state index >= 15 is 0 Å². The molecule has 0 spiro atoms. The number of nitrogens with one attached hydrogen (secondary N) is 1. The number of carbonyl (C=O) groups excluding carboxylic acids is 1. The number of carbonyl (C=O) groups is 1. The second kappa shape index (κ2) is 10.00. The molecule has 1 amide bonds. The average Bonchev–Trinajstić information content (AvgIpc) is 3.23. The molecular formula is C27H33N3O5. The van der Waals surface area contributed by atoms with Gasteiger partial charge in [-0.25, -0.2) is 0 Å². The van der Waals surface area contributed by atoms with E-state index in [4.69, 9.17) is 9.26 Å². The van der Waals surface area contributed by atoms with Crippen LogP contribution in [-0.4, -0.2) is 53.6 Å². The molecule has 186 valence electrons. The lowest BCUT2D eigenvalue weighted by Crippen LogP contribution is -2.36. The lowest BCUT2D eigenvalue weighted by molar-refractivity contribution is 0.0934. The highest BCUT2D eigenvalue weighted by Gasteiger charge is 2.28. The van der Waals surface area contributed by atoms with Gasteiger partial charge in [-0.1, -0.05) is 25.1 Å². The zero-order valence-electron chi connectivity index (χ0n) is 20.9. The fourth-order valence-electron chi connectivity index (χ4n) is 4.39. The van der Waals surface area contributed by atoms with Gasteiger partial charge in [0.15, 0.2) is 11.5 Å². The van der Waals surface area contributed by atoms with Gasteiger partial charge < -0.3 is 29.7 Å². The van der Waals surface area contributed by atoms with E-state index in [1.165, 1.54) is 6.07 Å². The van der Waals surface area contributed by atoms with Crippen LogP contribution in [0.2, 0.25) is 0 Å². The highest BCUT2D eigenvalue weighted by atomic mass is 16.5. The van der Waals surface area contributed by atoms with Gasteiger partial charge in [0.05, 0.1) is 24.3 Å². The van der Waals surface area contributed by atoms with Crippen molar-refractivity contribution in [2.45, 2.75) is 46.6 Å². The summed E-state index contributed by atoms with van der Waals surface area (Å²) in [7, 11) is 0. The second-order valence-electron chi connectivity index (χ2n) is 9.54. The zero-order valence-corrected chi connectivity index (χ0v) is 20.9. The summed E-state index contributed by atoms with van der Waals surface area (Å²) in [6.07, 6.45) is 0. The standard InChI is InChI=1S/C27H33N3O5/c1-15(2)20-13-21(23(32)14-22(20)31)26-24(25(29-35-26)27(33)28-16(3)4)19-7-6-18(12-17(19)5)30-8-10-34-11-9-30/h6-7,12-16,31-32H,8-11H2,1-5H3,(H,28,33). The summed E-state index contributed by atoms with van der Waals surface area (Å²) >= 11 is 0. The second-order valence-corrected chi connectivity index (χ2v) is 9.54. The third-order valence-electron chi connectivity index (χ3n) is 6.19. The summed E-state index contributed by atoms with van der Waals surface area (Å²) in [5.74, 6) is -0.211. The van der Waals surface area contributed by atoms with E-state index in [2.05, 4.69) is 21.4 Å². The number of anilines is 1. The first-order valence-electron chi connectivity index (χ1n) is 12.0. The van der Waals surface area contributed by atoms with Crippen molar-refractivity contribution in [3.05, 3.63) is 47.2 Å². The zero-order chi connectivity index (χ0) is 25.3. The van der Waals surface area contributed by atoms with Crippen molar-refractivity contribution in [1.29, 1.82) is 0 Å². The fraction of sp³-hybridized carbons (Fsp3) is 0.407. The predicted octanol–water partition coefficient (Wildman–Crippen LogP) is 4.83. The number of morpholine rings is 1. The van der Waals surface area contributed by atoms with Crippen LogP contribution in [-0.2, 0) is 4.74 Å². The van der Waals surface area contributed by atoms with Crippen LogP contribution in [0.3, 0.4) is 0 Å². The summed E-state index contributed by atoms with van der Waals surface area (Å²) in [6, 6.07) is 8.97. The molecule has 35 heavy (non-hydrogen) atoms. The maximum absolute atomic E-state index is 13.1. The highest BCUT2D eigenvalue weighted by Crippen LogP contribution is 2.44. The number of hydrogen-bond donors (Lipinski definition) is 3. The highest BCUT2D eigenvalue weighted by molar-refractivity contribution is 6.03. The molecule has 3 N–H and O–H groups in total. The van der Waals surface area contributed by atoms with Crippen molar-refractivity contribution in [2.24, 2.45) is 0 Å². The Labute approximate surface area is 205 Å². The lowest BCUT2D eigenvalue weighted by Gasteiger charge is -2.29. The monoisotopic (exact) mass is 479 g/mol. The summed E-state index contributed by atoms with van der Waals surface area (Å²) in [4.78, 5) is 15.3. The Morgan fingerprint density at radius 1 is 1.03 bits per heavy atom. The van der Waals surface area contributed by atoms with E-state index < -0.39 is 0 Å². The number of aryl methyl sites for hydroxylation is 1. The molecule has 0 atom stereocenters. The summed E-state index contributed by atoms with van der Waals surface area (Å²) in [6.45, 7) is 12.7. The van der Waals surface area contributed by atoms with Crippen LogP contribution >= 0.6 is 0 Å². The molecule has 1 aromatic heterocycles. The van der Waals surface area contributed by atoms with E-state index in [1.54, 1.807) is 6.07 Å². The first kappa shape index (κ1) is 24.6. The number of aromatic hydroxyl groups is 2. The molecule has 8 nitrogen and oxygen atoms in total. The van der Waals surface area contributed by atoms with Gasteiger partial charge in [0.25, 0.3) is 5.91 Å².